The minimum Gasteiger partial charge on any atom is -0.426 e. The molecule has 1 atom stereocenters. The molecule has 0 aromatic carbocycles. The predicted molar refractivity (Wildman–Crippen MR) is 44.9 cm³/mol. The summed E-state index contributed by atoms with van der Waals surface area (Å²) in [5.41, 5.74) is 0. The van der Waals surface area contributed by atoms with E-state index in [1.54, 1.807) is 0 Å². The van der Waals surface area contributed by atoms with Crippen molar-refractivity contribution in [2.75, 3.05) is 6.61 Å². The highest BCUT2D eigenvalue weighted by molar-refractivity contribution is 6.48. The van der Waals surface area contributed by atoms with Gasteiger partial charge in [-0.2, -0.15) is 0 Å². The van der Waals surface area contributed by atoms with Crippen molar-refractivity contribution in [1.29, 1.82) is 0 Å². The van der Waals surface area contributed by atoms with Crippen molar-refractivity contribution < 1.29 is 14.3 Å². The van der Waals surface area contributed by atoms with Crippen LogP contribution in [0.2, 0.25) is 0 Å². The number of carbonyl (C=O) groups excluding carboxylic acids is 1. The second kappa shape index (κ2) is 4.12. The topological polar surface area (TPSA) is 35.5 Å². The first-order chi connectivity index (χ1) is 5.66. The Morgan fingerprint density at radius 2 is 2.25 bits per heavy atom. The summed E-state index contributed by atoms with van der Waals surface area (Å²) in [6, 6.07) is 0. The van der Waals surface area contributed by atoms with E-state index in [2.05, 4.69) is 4.74 Å². The SMILES string of the molecule is CCCOC1OC(=O)C(Cl)=C1Cl. The van der Waals surface area contributed by atoms with Gasteiger partial charge in [0.05, 0.1) is 6.61 Å². The molecule has 0 bridgehead atoms. The first-order valence-corrected chi connectivity index (χ1v) is 4.30. The van der Waals surface area contributed by atoms with E-state index < -0.39 is 12.3 Å². The van der Waals surface area contributed by atoms with E-state index in [9.17, 15) is 4.79 Å². The van der Waals surface area contributed by atoms with Crippen molar-refractivity contribution in [2.45, 2.75) is 19.6 Å². The molecule has 12 heavy (non-hydrogen) atoms. The van der Waals surface area contributed by atoms with E-state index in [1.165, 1.54) is 0 Å². The fourth-order valence-electron chi connectivity index (χ4n) is 0.734. The third kappa shape index (κ3) is 1.91. The molecular formula is C7H8Cl2O3. The van der Waals surface area contributed by atoms with Crippen LogP contribution in [-0.2, 0) is 14.3 Å². The molecule has 0 aliphatic carbocycles. The van der Waals surface area contributed by atoms with Gasteiger partial charge in [0.2, 0.25) is 6.29 Å². The average molecular weight is 211 g/mol. The zero-order valence-electron chi connectivity index (χ0n) is 6.47. The van der Waals surface area contributed by atoms with E-state index in [-0.39, 0.29) is 10.1 Å². The maximum atomic E-state index is 10.8. The average Bonchev–Trinajstić information content (AvgIpc) is 2.30. The lowest BCUT2D eigenvalue weighted by atomic mass is 10.5. The summed E-state index contributed by atoms with van der Waals surface area (Å²) in [6.07, 6.45) is 0.0298. The molecule has 1 aliphatic rings. The molecule has 0 saturated carbocycles. The predicted octanol–water partition coefficient (Wildman–Crippen LogP) is 1.99. The summed E-state index contributed by atoms with van der Waals surface area (Å²) in [6.45, 7) is 2.42. The van der Waals surface area contributed by atoms with Gasteiger partial charge in [-0.3, -0.25) is 0 Å². The smallest absolute Gasteiger partial charge is 0.353 e. The normalized spacial score (nSPS) is 23.2. The lowest BCUT2D eigenvalue weighted by Crippen LogP contribution is -2.14. The van der Waals surface area contributed by atoms with Crippen LogP contribution in [-0.4, -0.2) is 18.9 Å². The number of ether oxygens (including phenoxy) is 2. The highest BCUT2D eigenvalue weighted by Crippen LogP contribution is 2.29. The Hall–Kier alpha value is -0.250. The number of carbonyl (C=O) groups is 1. The minimum atomic E-state index is -0.799. The number of hydrogen-bond donors (Lipinski definition) is 0. The fraction of sp³-hybridized carbons (Fsp3) is 0.571. The first kappa shape index (κ1) is 9.84. The lowest BCUT2D eigenvalue weighted by molar-refractivity contribution is -0.158. The molecule has 0 fully saturated rings. The van der Waals surface area contributed by atoms with Gasteiger partial charge < -0.3 is 9.47 Å². The molecule has 1 aliphatic heterocycles. The molecule has 1 unspecified atom stereocenters. The molecule has 0 spiro atoms. The van der Waals surface area contributed by atoms with Gasteiger partial charge in [0.15, 0.2) is 0 Å². The number of halogens is 2. The van der Waals surface area contributed by atoms with Crippen molar-refractivity contribution in [3.8, 4) is 0 Å². The summed E-state index contributed by atoms with van der Waals surface area (Å²) in [5, 5.41) is 0.0490. The third-order valence-electron chi connectivity index (χ3n) is 1.28. The van der Waals surface area contributed by atoms with Gasteiger partial charge in [-0.05, 0) is 6.42 Å². The Bertz CT molecular complexity index is 225. The van der Waals surface area contributed by atoms with Gasteiger partial charge in [-0.25, -0.2) is 4.79 Å². The summed E-state index contributed by atoms with van der Waals surface area (Å²) < 4.78 is 9.78. The van der Waals surface area contributed by atoms with Crippen molar-refractivity contribution in [3.05, 3.63) is 10.1 Å². The van der Waals surface area contributed by atoms with Crippen molar-refractivity contribution in [2.24, 2.45) is 0 Å². The molecule has 0 N–H and O–H groups in total. The van der Waals surface area contributed by atoms with Crippen molar-refractivity contribution in [3.63, 3.8) is 0 Å². The van der Waals surface area contributed by atoms with E-state index in [1.807, 2.05) is 6.92 Å². The highest BCUT2D eigenvalue weighted by Gasteiger charge is 2.32. The third-order valence-corrected chi connectivity index (χ3v) is 2.11. The highest BCUT2D eigenvalue weighted by atomic mass is 35.5. The molecule has 3 nitrogen and oxygen atoms in total. The number of esters is 1. The van der Waals surface area contributed by atoms with Gasteiger partial charge in [0.25, 0.3) is 0 Å². The van der Waals surface area contributed by atoms with Gasteiger partial charge in [0.1, 0.15) is 10.1 Å². The fourth-order valence-corrected chi connectivity index (χ4v) is 1.05. The zero-order chi connectivity index (χ0) is 9.14. The summed E-state index contributed by atoms with van der Waals surface area (Å²) in [4.78, 5) is 10.8. The summed E-state index contributed by atoms with van der Waals surface area (Å²) in [7, 11) is 0. The van der Waals surface area contributed by atoms with Crippen LogP contribution in [0.25, 0.3) is 0 Å². The van der Waals surface area contributed by atoms with Gasteiger partial charge in [-0.1, -0.05) is 30.1 Å². The zero-order valence-corrected chi connectivity index (χ0v) is 7.98. The van der Waals surface area contributed by atoms with Crippen LogP contribution in [0, 0.1) is 0 Å². The molecule has 0 amide bonds. The van der Waals surface area contributed by atoms with Crippen molar-refractivity contribution >= 4 is 29.2 Å². The monoisotopic (exact) mass is 210 g/mol. The number of hydrogen-bond acceptors (Lipinski definition) is 3. The Morgan fingerprint density at radius 3 is 2.67 bits per heavy atom. The standard InChI is InChI=1S/C7H8Cl2O3/c1-2-3-11-7-5(9)4(8)6(10)12-7/h7H,2-3H2,1H3. The number of rotatable bonds is 3. The van der Waals surface area contributed by atoms with Gasteiger partial charge in [0, 0.05) is 0 Å². The molecule has 5 heteroatoms. The molecule has 0 aromatic heterocycles. The minimum absolute atomic E-state index is 0.0854. The van der Waals surface area contributed by atoms with Gasteiger partial charge >= 0.3 is 5.97 Å². The summed E-state index contributed by atoms with van der Waals surface area (Å²) >= 11 is 11.1. The molecule has 1 heterocycles. The van der Waals surface area contributed by atoms with Crippen LogP contribution >= 0.6 is 23.2 Å². The molecule has 0 radical (unpaired) electrons. The first-order valence-electron chi connectivity index (χ1n) is 3.54. The Kier molecular flexibility index (Phi) is 3.38. The summed E-state index contributed by atoms with van der Waals surface area (Å²) in [5.74, 6) is -0.622. The van der Waals surface area contributed by atoms with E-state index in [0.717, 1.165) is 6.42 Å². The number of cyclic esters (lactones) is 1. The lowest BCUT2D eigenvalue weighted by Gasteiger charge is -2.09. The molecule has 1 rings (SSSR count). The largest absolute Gasteiger partial charge is 0.426 e. The Labute approximate surface area is 80.2 Å². The second-order valence-electron chi connectivity index (χ2n) is 2.27. The maximum Gasteiger partial charge on any atom is 0.353 e. The second-order valence-corrected chi connectivity index (χ2v) is 3.06. The Balaban J connectivity index is 2.55. The van der Waals surface area contributed by atoms with Gasteiger partial charge in [-0.15, -0.1) is 0 Å². The van der Waals surface area contributed by atoms with E-state index in [4.69, 9.17) is 27.9 Å². The van der Waals surface area contributed by atoms with E-state index >= 15 is 0 Å². The quantitative estimate of drug-likeness (QED) is 0.669. The van der Waals surface area contributed by atoms with Crippen LogP contribution in [0.1, 0.15) is 13.3 Å². The molecule has 68 valence electrons. The van der Waals surface area contributed by atoms with Crippen LogP contribution in [0.4, 0.5) is 0 Å². The van der Waals surface area contributed by atoms with Crippen molar-refractivity contribution in [1.82, 2.24) is 0 Å². The Morgan fingerprint density at radius 1 is 1.58 bits per heavy atom. The molecule has 0 saturated heterocycles. The molecule has 0 aromatic rings. The van der Waals surface area contributed by atoms with Crippen LogP contribution in [0.15, 0.2) is 10.1 Å². The molecular weight excluding hydrogens is 203 g/mol. The van der Waals surface area contributed by atoms with Crippen LogP contribution < -0.4 is 0 Å². The van der Waals surface area contributed by atoms with Crippen LogP contribution in [0.3, 0.4) is 0 Å². The van der Waals surface area contributed by atoms with Crippen LogP contribution in [0.5, 0.6) is 0 Å². The van der Waals surface area contributed by atoms with E-state index in [0.29, 0.717) is 6.61 Å². The maximum absolute atomic E-state index is 10.8.